The van der Waals surface area contributed by atoms with Crippen molar-refractivity contribution in [1.29, 1.82) is 0 Å². The van der Waals surface area contributed by atoms with E-state index in [4.69, 9.17) is 4.74 Å². The number of ether oxygens (including phenoxy) is 1. The van der Waals surface area contributed by atoms with Crippen molar-refractivity contribution in [2.75, 3.05) is 6.61 Å². The minimum absolute atomic E-state index is 0.0433. The van der Waals surface area contributed by atoms with Gasteiger partial charge in [0, 0.05) is 15.2 Å². The summed E-state index contributed by atoms with van der Waals surface area (Å²) in [4.78, 5) is 12.7. The summed E-state index contributed by atoms with van der Waals surface area (Å²) in [6, 6.07) is 4.33. The van der Waals surface area contributed by atoms with Crippen LogP contribution in [0.2, 0.25) is 0 Å². The van der Waals surface area contributed by atoms with Crippen molar-refractivity contribution in [1.82, 2.24) is 5.32 Å². The average molecular weight is 441 g/mol. The predicted molar refractivity (Wildman–Crippen MR) is 103 cm³/mol. The van der Waals surface area contributed by atoms with Crippen LogP contribution in [0.15, 0.2) is 18.2 Å². The summed E-state index contributed by atoms with van der Waals surface area (Å²) in [7, 11) is 0. The second kappa shape index (κ2) is 7.97. The van der Waals surface area contributed by atoms with Crippen molar-refractivity contribution in [3.05, 3.63) is 38.5 Å². The molecule has 5 heteroatoms. The maximum absolute atomic E-state index is 12.7. The van der Waals surface area contributed by atoms with E-state index in [0.717, 1.165) is 46.8 Å². The first-order chi connectivity index (χ1) is 11.5. The number of allylic oxidation sites excluding steroid dienone is 1. The number of rotatable bonds is 5. The van der Waals surface area contributed by atoms with Gasteiger partial charge in [0.15, 0.2) is 0 Å². The zero-order valence-electron chi connectivity index (χ0n) is 13.9. The Balaban J connectivity index is 1.56. The van der Waals surface area contributed by atoms with E-state index < -0.39 is 6.10 Å². The number of carbonyl (C=O) groups is 1. The van der Waals surface area contributed by atoms with Crippen LogP contribution in [-0.2, 0) is 11.2 Å². The van der Waals surface area contributed by atoms with E-state index in [0.29, 0.717) is 6.61 Å². The summed E-state index contributed by atoms with van der Waals surface area (Å²) >= 11 is 2.27. The van der Waals surface area contributed by atoms with E-state index in [1.165, 1.54) is 5.56 Å². The average Bonchev–Trinajstić information content (AvgIpc) is 3.01. The van der Waals surface area contributed by atoms with Gasteiger partial charge in [-0.25, -0.2) is 0 Å². The van der Waals surface area contributed by atoms with Crippen LogP contribution in [-0.4, -0.2) is 35.9 Å². The predicted octanol–water partition coefficient (Wildman–Crippen LogP) is 3.30. The molecule has 0 bridgehead atoms. The molecule has 0 aliphatic heterocycles. The monoisotopic (exact) mass is 441 g/mol. The van der Waals surface area contributed by atoms with Gasteiger partial charge in [-0.15, -0.1) is 0 Å². The lowest BCUT2D eigenvalue weighted by atomic mass is 9.92. The Kier molecular flexibility index (Phi) is 5.94. The number of amides is 1. The number of benzene rings is 1. The van der Waals surface area contributed by atoms with E-state index in [9.17, 15) is 9.90 Å². The number of halogens is 1. The molecule has 2 aliphatic carbocycles. The molecule has 1 aromatic carbocycles. The minimum atomic E-state index is -0.418. The smallest absolute Gasteiger partial charge is 0.251 e. The van der Waals surface area contributed by atoms with Crippen molar-refractivity contribution < 1.29 is 14.6 Å². The SMILES string of the molecule is CC(O)COC1CCC(NC(=O)c2cc(I)cc3c2CC=C3)CC1. The summed E-state index contributed by atoms with van der Waals surface area (Å²) in [5, 5.41) is 12.5. The van der Waals surface area contributed by atoms with Crippen molar-refractivity contribution in [3.63, 3.8) is 0 Å². The molecule has 24 heavy (non-hydrogen) atoms. The molecular formula is C19H24INO3. The zero-order chi connectivity index (χ0) is 17.1. The fraction of sp³-hybridized carbons (Fsp3) is 0.526. The highest BCUT2D eigenvalue weighted by Crippen LogP contribution is 2.27. The summed E-state index contributed by atoms with van der Waals surface area (Å²) in [6.45, 7) is 2.13. The first kappa shape index (κ1) is 17.9. The van der Waals surface area contributed by atoms with Crippen molar-refractivity contribution in [2.45, 2.75) is 57.3 Å². The molecule has 1 amide bonds. The second-order valence-electron chi connectivity index (χ2n) is 6.76. The Bertz CT molecular complexity index is 634. The molecule has 1 aromatic rings. The van der Waals surface area contributed by atoms with Gasteiger partial charge in [0.2, 0.25) is 0 Å². The molecule has 1 atom stereocenters. The lowest BCUT2D eigenvalue weighted by molar-refractivity contribution is -0.0210. The lowest BCUT2D eigenvalue weighted by Crippen LogP contribution is -2.39. The third-order valence-corrected chi connectivity index (χ3v) is 5.32. The van der Waals surface area contributed by atoms with Crippen LogP contribution in [0.5, 0.6) is 0 Å². The normalized spacial score (nSPS) is 23.8. The standard InChI is InChI=1S/C19H24INO3/c1-12(22)11-24-16-7-5-15(6-8-16)21-19(23)18-10-14(20)9-13-3-2-4-17(13)18/h2-3,9-10,12,15-16,22H,4-8,11H2,1H3,(H,21,23). The first-order valence-electron chi connectivity index (χ1n) is 8.62. The van der Waals surface area contributed by atoms with Gasteiger partial charge < -0.3 is 15.2 Å². The van der Waals surface area contributed by atoms with Gasteiger partial charge in [-0.2, -0.15) is 0 Å². The Morgan fingerprint density at radius 3 is 2.83 bits per heavy atom. The van der Waals surface area contributed by atoms with Crippen molar-refractivity contribution >= 4 is 34.6 Å². The number of hydrogen-bond donors (Lipinski definition) is 2. The van der Waals surface area contributed by atoms with Gasteiger partial charge in [0.05, 0.1) is 18.8 Å². The molecule has 0 saturated heterocycles. The molecule has 0 heterocycles. The van der Waals surface area contributed by atoms with Crippen LogP contribution in [0, 0.1) is 3.57 Å². The van der Waals surface area contributed by atoms with Crippen molar-refractivity contribution in [3.8, 4) is 0 Å². The number of nitrogens with one attached hydrogen (secondary N) is 1. The Morgan fingerprint density at radius 1 is 1.38 bits per heavy atom. The summed E-state index contributed by atoms with van der Waals surface area (Å²) in [5.74, 6) is 0.0433. The molecule has 2 aliphatic rings. The highest BCUT2D eigenvalue weighted by molar-refractivity contribution is 14.1. The molecule has 130 valence electrons. The summed E-state index contributed by atoms with van der Waals surface area (Å²) in [6.07, 6.45) is 8.57. The van der Waals surface area contributed by atoms with Gasteiger partial charge in [0.25, 0.3) is 5.91 Å². The largest absolute Gasteiger partial charge is 0.391 e. The fourth-order valence-electron chi connectivity index (χ4n) is 3.45. The molecule has 1 unspecified atom stereocenters. The Labute approximate surface area is 156 Å². The van der Waals surface area contributed by atoms with Gasteiger partial charge >= 0.3 is 0 Å². The Hall–Kier alpha value is -0.920. The number of fused-ring (bicyclic) bond motifs is 1. The zero-order valence-corrected chi connectivity index (χ0v) is 16.1. The van der Waals surface area contributed by atoms with Crippen LogP contribution in [0.25, 0.3) is 6.08 Å². The van der Waals surface area contributed by atoms with E-state index in [1.54, 1.807) is 6.92 Å². The molecule has 4 nitrogen and oxygen atoms in total. The van der Waals surface area contributed by atoms with Gasteiger partial charge in [-0.05, 0) is 84.9 Å². The third kappa shape index (κ3) is 4.37. The minimum Gasteiger partial charge on any atom is -0.391 e. The second-order valence-corrected chi connectivity index (χ2v) is 8.00. The van der Waals surface area contributed by atoms with Gasteiger partial charge in [0.1, 0.15) is 0 Å². The first-order valence-corrected chi connectivity index (χ1v) is 9.70. The summed E-state index contributed by atoms with van der Waals surface area (Å²) in [5.41, 5.74) is 3.12. The van der Waals surface area contributed by atoms with E-state index in [1.807, 2.05) is 6.07 Å². The van der Waals surface area contributed by atoms with Crippen LogP contribution >= 0.6 is 22.6 Å². The highest BCUT2D eigenvalue weighted by atomic mass is 127. The maximum Gasteiger partial charge on any atom is 0.251 e. The molecule has 3 rings (SSSR count). The van der Waals surface area contributed by atoms with E-state index in [2.05, 4.69) is 46.1 Å². The van der Waals surface area contributed by atoms with Gasteiger partial charge in [-0.1, -0.05) is 12.2 Å². The van der Waals surface area contributed by atoms with Crippen LogP contribution in [0.1, 0.15) is 54.1 Å². The molecule has 0 radical (unpaired) electrons. The maximum atomic E-state index is 12.7. The molecule has 0 spiro atoms. The molecular weight excluding hydrogens is 417 g/mol. The number of aliphatic hydroxyl groups is 1. The number of hydrogen-bond acceptors (Lipinski definition) is 3. The highest BCUT2D eigenvalue weighted by Gasteiger charge is 2.25. The lowest BCUT2D eigenvalue weighted by Gasteiger charge is -2.29. The van der Waals surface area contributed by atoms with Crippen LogP contribution < -0.4 is 5.32 Å². The number of aliphatic hydroxyl groups excluding tert-OH is 1. The van der Waals surface area contributed by atoms with E-state index in [-0.39, 0.29) is 18.1 Å². The van der Waals surface area contributed by atoms with Gasteiger partial charge in [-0.3, -0.25) is 4.79 Å². The van der Waals surface area contributed by atoms with Crippen molar-refractivity contribution in [2.24, 2.45) is 0 Å². The Morgan fingerprint density at radius 2 is 2.12 bits per heavy atom. The fourth-order valence-corrected chi connectivity index (χ4v) is 4.10. The molecule has 1 saturated carbocycles. The molecule has 0 aromatic heterocycles. The third-order valence-electron chi connectivity index (χ3n) is 4.70. The molecule has 2 N–H and O–H groups in total. The van der Waals surface area contributed by atoms with Crippen LogP contribution in [0.4, 0.5) is 0 Å². The summed E-state index contributed by atoms with van der Waals surface area (Å²) < 4.78 is 6.78. The molecule has 1 fully saturated rings. The van der Waals surface area contributed by atoms with Crippen LogP contribution in [0.3, 0.4) is 0 Å². The topological polar surface area (TPSA) is 58.6 Å². The quantitative estimate of drug-likeness (QED) is 0.690. The number of carbonyl (C=O) groups excluding carboxylic acids is 1. The van der Waals surface area contributed by atoms with E-state index >= 15 is 0 Å².